The van der Waals surface area contributed by atoms with Crippen LogP contribution < -0.4 is 9.64 Å². The van der Waals surface area contributed by atoms with Crippen LogP contribution in [0.4, 0.5) is 0 Å². The van der Waals surface area contributed by atoms with Crippen molar-refractivity contribution >= 4 is 0 Å². The van der Waals surface area contributed by atoms with Gasteiger partial charge < -0.3 is 9.64 Å². The summed E-state index contributed by atoms with van der Waals surface area (Å²) in [6.45, 7) is 8.75. The van der Waals surface area contributed by atoms with Crippen LogP contribution in [0.3, 0.4) is 0 Å². The van der Waals surface area contributed by atoms with Crippen LogP contribution in [0.5, 0.6) is 5.75 Å². The molecule has 2 heteroatoms. The summed E-state index contributed by atoms with van der Waals surface area (Å²) in [7, 11) is 0. The zero-order chi connectivity index (χ0) is 10.8. The van der Waals surface area contributed by atoms with Gasteiger partial charge in [-0.2, -0.15) is 0 Å². The summed E-state index contributed by atoms with van der Waals surface area (Å²) < 4.78 is 5.77. The first-order valence-corrected chi connectivity index (χ1v) is 5.72. The fourth-order valence-corrected chi connectivity index (χ4v) is 2.00. The maximum absolute atomic E-state index is 5.77. The van der Waals surface area contributed by atoms with Crippen molar-refractivity contribution < 1.29 is 9.64 Å². The fraction of sp³-hybridized carbons (Fsp3) is 0.538. The van der Waals surface area contributed by atoms with Crippen LogP contribution in [-0.4, -0.2) is 25.2 Å². The predicted octanol–water partition coefficient (Wildman–Crippen LogP) is 1.05. The molecule has 15 heavy (non-hydrogen) atoms. The van der Waals surface area contributed by atoms with Gasteiger partial charge in [-0.1, -0.05) is 12.1 Å². The molecule has 0 aromatic heterocycles. The molecule has 82 valence electrons. The lowest BCUT2D eigenvalue weighted by Crippen LogP contribution is -2.98. The monoisotopic (exact) mass is 206 g/mol. The zero-order valence-electron chi connectivity index (χ0n) is 9.79. The average Bonchev–Trinajstić information content (AvgIpc) is 2.94. The summed E-state index contributed by atoms with van der Waals surface area (Å²) in [5.74, 6) is 1.00. The minimum Gasteiger partial charge on any atom is -0.487 e. The average molecular weight is 206 g/mol. The second-order valence-electron chi connectivity index (χ2n) is 4.76. The van der Waals surface area contributed by atoms with Crippen molar-refractivity contribution in [3.8, 4) is 5.75 Å². The van der Waals surface area contributed by atoms with Crippen LogP contribution in [-0.2, 0) is 0 Å². The largest absolute Gasteiger partial charge is 0.487 e. The summed E-state index contributed by atoms with van der Waals surface area (Å²) in [6.07, 6.45) is 0. The zero-order valence-corrected chi connectivity index (χ0v) is 9.79. The molecule has 0 bridgehead atoms. The Bertz CT molecular complexity index is 335. The lowest BCUT2D eigenvalue weighted by atomic mass is 10.2. The first-order valence-electron chi connectivity index (χ1n) is 5.72. The highest BCUT2D eigenvalue weighted by Gasteiger charge is 2.42. The normalized spacial score (nSPS) is 24.3. The Labute approximate surface area is 91.9 Å². The van der Waals surface area contributed by atoms with Gasteiger partial charge in [0.15, 0.2) is 6.04 Å². The molecule has 0 spiro atoms. The Morgan fingerprint density at radius 1 is 1.47 bits per heavy atom. The van der Waals surface area contributed by atoms with Gasteiger partial charge in [-0.25, -0.2) is 0 Å². The van der Waals surface area contributed by atoms with Gasteiger partial charge in [0.1, 0.15) is 18.9 Å². The van der Waals surface area contributed by atoms with Crippen LogP contribution in [0.25, 0.3) is 0 Å². The van der Waals surface area contributed by atoms with Crippen LogP contribution in [0.2, 0.25) is 0 Å². The number of hydrogen-bond acceptors (Lipinski definition) is 1. The smallest absolute Gasteiger partial charge is 0.172 e. The molecule has 1 aromatic carbocycles. The number of quaternary nitrogens is 1. The highest BCUT2D eigenvalue weighted by atomic mass is 16.5. The predicted molar refractivity (Wildman–Crippen MR) is 61.4 cm³/mol. The van der Waals surface area contributed by atoms with E-state index < -0.39 is 0 Å². The maximum Gasteiger partial charge on any atom is 0.172 e. The van der Waals surface area contributed by atoms with E-state index in [1.807, 2.05) is 12.1 Å². The van der Waals surface area contributed by atoms with Crippen LogP contribution in [0.1, 0.15) is 19.4 Å². The Morgan fingerprint density at radius 2 is 2.27 bits per heavy atom. The third kappa shape index (κ3) is 2.72. The van der Waals surface area contributed by atoms with Gasteiger partial charge in [0.2, 0.25) is 0 Å². The van der Waals surface area contributed by atoms with Gasteiger partial charge in [-0.3, -0.25) is 0 Å². The highest BCUT2D eigenvalue weighted by molar-refractivity contribution is 5.27. The molecule has 2 nitrogen and oxygen atoms in total. The summed E-state index contributed by atoms with van der Waals surface area (Å²) >= 11 is 0. The van der Waals surface area contributed by atoms with Gasteiger partial charge in [0.05, 0.1) is 6.04 Å². The molecule has 1 aliphatic heterocycles. The number of ether oxygens (including phenoxy) is 1. The Morgan fingerprint density at radius 3 is 2.87 bits per heavy atom. The van der Waals surface area contributed by atoms with Crippen molar-refractivity contribution in [3.05, 3.63) is 29.8 Å². The standard InChI is InChI=1S/C13H19NO/c1-10(2)14-8-12(14)9-15-13-6-4-5-11(3)7-13/h4-7,10,12H,8-9H2,1-3H3/p+1/t12-,14?/m1/s1. The topological polar surface area (TPSA) is 13.7 Å². The molecule has 2 atom stereocenters. The number of benzene rings is 1. The molecule has 1 aliphatic rings. The fourth-order valence-electron chi connectivity index (χ4n) is 2.00. The summed E-state index contributed by atoms with van der Waals surface area (Å²) in [5.41, 5.74) is 1.26. The molecule has 1 fully saturated rings. The van der Waals surface area contributed by atoms with Crippen molar-refractivity contribution in [2.24, 2.45) is 0 Å². The Hall–Kier alpha value is -1.02. The Kier molecular flexibility index (Phi) is 2.96. The van der Waals surface area contributed by atoms with Crippen molar-refractivity contribution in [1.29, 1.82) is 0 Å². The van der Waals surface area contributed by atoms with E-state index >= 15 is 0 Å². The van der Waals surface area contributed by atoms with E-state index in [9.17, 15) is 0 Å². The van der Waals surface area contributed by atoms with Crippen molar-refractivity contribution in [2.45, 2.75) is 32.9 Å². The lowest BCUT2D eigenvalue weighted by molar-refractivity contribution is -0.800. The van der Waals surface area contributed by atoms with Crippen LogP contribution in [0.15, 0.2) is 24.3 Å². The quantitative estimate of drug-likeness (QED) is 0.727. The number of aryl methyl sites for hydroxylation is 1. The van der Waals surface area contributed by atoms with Gasteiger partial charge in [0, 0.05) is 0 Å². The summed E-state index contributed by atoms with van der Waals surface area (Å²) in [4.78, 5) is 1.67. The van der Waals surface area contributed by atoms with Gasteiger partial charge in [-0.15, -0.1) is 0 Å². The minimum absolute atomic E-state index is 0.713. The highest BCUT2D eigenvalue weighted by Crippen LogP contribution is 2.12. The molecule has 0 amide bonds. The van der Waals surface area contributed by atoms with E-state index in [4.69, 9.17) is 4.74 Å². The SMILES string of the molecule is Cc1cccc(OC[C@H]2C[NH+]2C(C)C)c1. The molecule has 1 N–H and O–H groups in total. The van der Waals surface area contributed by atoms with Crippen molar-refractivity contribution in [3.63, 3.8) is 0 Å². The molecule has 0 saturated carbocycles. The molecule has 0 aliphatic carbocycles. The van der Waals surface area contributed by atoms with Crippen LogP contribution >= 0.6 is 0 Å². The van der Waals surface area contributed by atoms with E-state index in [0.717, 1.165) is 18.4 Å². The summed E-state index contributed by atoms with van der Waals surface area (Å²) in [5, 5.41) is 0. The molecule has 1 heterocycles. The van der Waals surface area contributed by atoms with E-state index in [2.05, 4.69) is 32.9 Å². The van der Waals surface area contributed by atoms with E-state index in [1.165, 1.54) is 12.1 Å². The van der Waals surface area contributed by atoms with E-state index in [1.54, 1.807) is 4.90 Å². The van der Waals surface area contributed by atoms with Crippen molar-refractivity contribution in [2.75, 3.05) is 13.2 Å². The molecule has 1 unspecified atom stereocenters. The first-order chi connectivity index (χ1) is 7.16. The van der Waals surface area contributed by atoms with Gasteiger partial charge in [0.25, 0.3) is 0 Å². The maximum atomic E-state index is 5.77. The molecule has 1 saturated heterocycles. The molecular formula is C13H20NO+. The molecule has 2 rings (SSSR count). The van der Waals surface area contributed by atoms with E-state index in [0.29, 0.717) is 6.04 Å². The number of hydrogen-bond donors (Lipinski definition) is 1. The third-order valence-corrected chi connectivity index (χ3v) is 3.03. The van der Waals surface area contributed by atoms with Crippen molar-refractivity contribution in [1.82, 2.24) is 0 Å². The van der Waals surface area contributed by atoms with Crippen LogP contribution in [0, 0.1) is 6.92 Å². The molecular weight excluding hydrogens is 186 g/mol. The molecule has 1 aromatic rings. The molecule has 0 radical (unpaired) electrons. The minimum atomic E-state index is 0.713. The second-order valence-corrected chi connectivity index (χ2v) is 4.76. The van der Waals surface area contributed by atoms with Gasteiger partial charge >= 0.3 is 0 Å². The third-order valence-electron chi connectivity index (χ3n) is 3.03. The lowest BCUT2D eigenvalue weighted by Gasteiger charge is -2.06. The number of nitrogens with one attached hydrogen (secondary N) is 1. The first kappa shape index (κ1) is 10.5. The Balaban J connectivity index is 1.80. The summed E-state index contributed by atoms with van der Waals surface area (Å²) in [6, 6.07) is 9.71. The van der Waals surface area contributed by atoms with E-state index in [-0.39, 0.29) is 0 Å². The van der Waals surface area contributed by atoms with Gasteiger partial charge in [-0.05, 0) is 38.5 Å². The number of rotatable bonds is 4. The second kappa shape index (κ2) is 4.23.